The van der Waals surface area contributed by atoms with Crippen LogP contribution in [0, 0.1) is 29.6 Å². The van der Waals surface area contributed by atoms with Gasteiger partial charge in [0.25, 0.3) is 0 Å². The SMILES string of the molecule is NCC1CCCCN1C(=O)C1C2C3CCC(C3)C12. The van der Waals surface area contributed by atoms with Crippen LogP contribution in [0.15, 0.2) is 0 Å². The lowest BCUT2D eigenvalue weighted by atomic mass is 9.98. The van der Waals surface area contributed by atoms with Crippen molar-refractivity contribution in [3.8, 4) is 0 Å². The van der Waals surface area contributed by atoms with E-state index in [0.29, 0.717) is 24.4 Å². The number of carbonyl (C=O) groups is 1. The molecule has 4 fully saturated rings. The van der Waals surface area contributed by atoms with Crippen LogP contribution in [-0.4, -0.2) is 29.9 Å². The second-order valence-electron chi connectivity index (χ2n) is 6.93. The quantitative estimate of drug-likeness (QED) is 0.807. The van der Waals surface area contributed by atoms with Crippen molar-refractivity contribution in [3.05, 3.63) is 0 Å². The number of hydrogen-bond acceptors (Lipinski definition) is 2. The molecule has 2 N–H and O–H groups in total. The molecule has 1 heterocycles. The maximum absolute atomic E-state index is 12.7. The molecule has 0 aromatic heterocycles. The Bertz CT molecular complexity index is 354. The molecular weight excluding hydrogens is 224 g/mol. The van der Waals surface area contributed by atoms with E-state index in [4.69, 9.17) is 5.73 Å². The van der Waals surface area contributed by atoms with Crippen LogP contribution in [0.25, 0.3) is 0 Å². The number of piperidine rings is 1. The molecule has 5 atom stereocenters. The molecule has 5 unspecified atom stereocenters. The monoisotopic (exact) mass is 248 g/mol. The number of amides is 1. The molecule has 0 aromatic rings. The molecule has 0 aromatic carbocycles. The van der Waals surface area contributed by atoms with Gasteiger partial charge in [0, 0.05) is 25.0 Å². The first kappa shape index (κ1) is 11.3. The number of nitrogens with two attached hydrogens (primary N) is 1. The summed E-state index contributed by atoms with van der Waals surface area (Å²) in [4.78, 5) is 14.9. The van der Waals surface area contributed by atoms with E-state index in [-0.39, 0.29) is 0 Å². The van der Waals surface area contributed by atoms with Gasteiger partial charge < -0.3 is 10.6 Å². The number of fused-ring (bicyclic) bond motifs is 5. The van der Waals surface area contributed by atoms with Crippen LogP contribution in [0.4, 0.5) is 0 Å². The summed E-state index contributed by atoms with van der Waals surface area (Å²) in [6.45, 7) is 1.62. The Balaban J connectivity index is 1.48. The zero-order valence-electron chi connectivity index (χ0n) is 11.1. The lowest BCUT2D eigenvalue weighted by molar-refractivity contribution is -0.137. The van der Waals surface area contributed by atoms with Gasteiger partial charge in [-0.25, -0.2) is 0 Å². The Morgan fingerprint density at radius 2 is 1.83 bits per heavy atom. The molecule has 3 nitrogen and oxygen atoms in total. The third-order valence-electron chi connectivity index (χ3n) is 6.20. The highest BCUT2D eigenvalue weighted by atomic mass is 16.2. The lowest BCUT2D eigenvalue weighted by Gasteiger charge is -2.35. The number of nitrogens with zero attached hydrogens (tertiary/aromatic N) is 1. The van der Waals surface area contributed by atoms with Crippen LogP contribution >= 0.6 is 0 Å². The number of likely N-dealkylation sites (tertiary alicyclic amines) is 1. The third-order valence-corrected chi connectivity index (χ3v) is 6.20. The van der Waals surface area contributed by atoms with Crippen molar-refractivity contribution < 1.29 is 4.79 Å². The lowest BCUT2D eigenvalue weighted by Crippen LogP contribution is -2.48. The standard InChI is InChI=1S/C15H24N2O/c16-8-11-3-1-2-6-17(11)15(18)14-12-9-4-5-10(7-9)13(12)14/h9-14H,1-8,16H2. The van der Waals surface area contributed by atoms with Crippen molar-refractivity contribution in [2.45, 2.75) is 44.6 Å². The fraction of sp³-hybridized carbons (Fsp3) is 0.933. The smallest absolute Gasteiger partial charge is 0.226 e. The van der Waals surface area contributed by atoms with Crippen LogP contribution in [0.1, 0.15) is 38.5 Å². The first-order valence-corrected chi connectivity index (χ1v) is 7.82. The topological polar surface area (TPSA) is 46.3 Å². The largest absolute Gasteiger partial charge is 0.338 e. The van der Waals surface area contributed by atoms with Gasteiger partial charge >= 0.3 is 0 Å². The summed E-state index contributed by atoms with van der Waals surface area (Å²) in [6, 6.07) is 0.338. The molecule has 3 saturated carbocycles. The number of rotatable bonds is 2. The molecule has 3 heteroatoms. The van der Waals surface area contributed by atoms with E-state index < -0.39 is 0 Å². The molecule has 100 valence electrons. The summed E-state index contributed by atoms with van der Waals surface area (Å²) in [5, 5.41) is 0. The van der Waals surface area contributed by atoms with Crippen LogP contribution in [-0.2, 0) is 4.79 Å². The molecule has 1 amide bonds. The highest BCUT2D eigenvalue weighted by Crippen LogP contribution is 2.69. The van der Waals surface area contributed by atoms with Crippen LogP contribution < -0.4 is 5.73 Å². The van der Waals surface area contributed by atoms with E-state index in [2.05, 4.69) is 4.90 Å². The fourth-order valence-corrected chi connectivity index (χ4v) is 5.38. The van der Waals surface area contributed by atoms with E-state index in [9.17, 15) is 4.79 Å². The van der Waals surface area contributed by atoms with E-state index in [0.717, 1.165) is 36.6 Å². The first-order chi connectivity index (χ1) is 8.81. The van der Waals surface area contributed by atoms with Crippen molar-refractivity contribution in [2.75, 3.05) is 13.1 Å². The second kappa shape index (κ2) is 3.96. The Hall–Kier alpha value is -0.570. The van der Waals surface area contributed by atoms with Gasteiger partial charge in [0.2, 0.25) is 5.91 Å². The molecule has 4 aliphatic rings. The Morgan fingerprint density at radius 1 is 1.11 bits per heavy atom. The summed E-state index contributed by atoms with van der Waals surface area (Å²) in [5.74, 6) is 4.22. The highest BCUT2D eigenvalue weighted by molar-refractivity contribution is 5.83. The molecule has 2 bridgehead atoms. The normalized spacial score (nSPS) is 49.3. The molecule has 18 heavy (non-hydrogen) atoms. The average Bonchev–Trinajstić information content (AvgIpc) is 2.85. The molecule has 1 aliphatic heterocycles. The summed E-state index contributed by atoms with van der Waals surface area (Å²) < 4.78 is 0. The molecule has 1 saturated heterocycles. The van der Waals surface area contributed by atoms with E-state index in [1.807, 2.05) is 0 Å². The predicted molar refractivity (Wildman–Crippen MR) is 69.7 cm³/mol. The maximum Gasteiger partial charge on any atom is 0.226 e. The van der Waals surface area contributed by atoms with Gasteiger partial charge in [-0.15, -0.1) is 0 Å². The van der Waals surface area contributed by atoms with Gasteiger partial charge in [-0.1, -0.05) is 0 Å². The van der Waals surface area contributed by atoms with E-state index >= 15 is 0 Å². The van der Waals surface area contributed by atoms with Gasteiger partial charge in [-0.05, 0) is 62.2 Å². The maximum atomic E-state index is 12.7. The minimum absolute atomic E-state index is 0.338. The Kier molecular flexibility index (Phi) is 2.48. The second-order valence-corrected chi connectivity index (χ2v) is 6.93. The molecular formula is C15H24N2O. The zero-order valence-corrected chi connectivity index (χ0v) is 11.1. The fourth-order valence-electron chi connectivity index (χ4n) is 5.38. The number of carbonyl (C=O) groups excluding carboxylic acids is 1. The van der Waals surface area contributed by atoms with Crippen molar-refractivity contribution in [1.29, 1.82) is 0 Å². The first-order valence-electron chi connectivity index (χ1n) is 7.82. The minimum atomic E-state index is 0.338. The predicted octanol–water partition coefficient (Wildman–Crippen LogP) is 1.62. The third kappa shape index (κ3) is 1.43. The van der Waals surface area contributed by atoms with Crippen LogP contribution in [0.2, 0.25) is 0 Å². The highest BCUT2D eigenvalue weighted by Gasteiger charge is 2.68. The molecule has 3 aliphatic carbocycles. The van der Waals surface area contributed by atoms with Gasteiger partial charge in [0.05, 0.1) is 0 Å². The summed E-state index contributed by atoms with van der Waals surface area (Å²) in [7, 11) is 0. The molecule has 0 radical (unpaired) electrons. The summed E-state index contributed by atoms with van der Waals surface area (Å²) in [6.07, 6.45) is 7.77. The van der Waals surface area contributed by atoms with Crippen molar-refractivity contribution in [1.82, 2.24) is 4.90 Å². The summed E-state index contributed by atoms with van der Waals surface area (Å²) in [5.41, 5.74) is 5.84. The number of hydrogen-bond donors (Lipinski definition) is 1. The van der Waals surface area contributed by atoms with Gasteiger partial charge in [0.15, 0.2) is 0 Å². The van der Waals surface area contributed by atoms with Crippen molar-refractivity contribution in [3.63, 3.8) is 0 Å². The van der Waals surface area contributed by atoms with Crippen molar-refractivity contribution >= 4 is 5.91 Å². The van der Waals surface area contributed by atoms with E-state index in [1.54, 1.807) is 0 Å². The molecule has 0 spiro atoms. The average molecular weight is 248 g/mol. The van der Waals surface area contributed by atoms with Crippen LogP contribution in [0.3, 0.4) is 0 Å². The van der Waals surface area contributed by atoms with Gasteiger partial charge in [0.1, 0.15) is 0 Å². The van der Waals surface area contributed by atoms with Gasteiger partial charge in [-0.2, -0.15) is 0 Å². The van der Waals surface area contributed by atoms with Crippen molar-refractivity contribution in [2.24, 2.45) is 35.3 Å². The minimum Gasteiger partial charge on any atom is -0.338 e. The zero-order chi connectivity index (χ0) is 12.3. The van der Waals surface area contributed by atoms with E-state index in [1.165, 1.54) is 32.1 Å². The van der Waals surface area contributed by atoms with Crippen LogP contribution in [0.5, 0.6) is 0 Å². The summed E-state index contributed by atoms with van der Waals surface area (Å²) >= 11 is 0. The van der Waals surface area contributed by atoms with Gasteiger partial charge in [-0.3, -0.25) is 4.79 Å². The Labute approximate surface area is 109 Å². The molecule has 4 rings (SSSR count). The Morgan fingerprint density at radius 3 is 2.50 bits per heavy atom.